The maximum Gasteiger partial charge on any atom is 0.147 e. The minimum Gasteiger partial charge on any atom is -0.394 e. The largest absolute Gasteiger partial charge is 0.394 e. The fourth-order valence-electron chi connectivity index (χ4n) is 1.79. The third kappa shape index (κ3) is 3.63. The van der Waals surface area contributed by atoms with E-state index in [1.807, 2.05) is 11.7 Å². The van der Waals surface area contributed by atoms with E-state index in [4.69, 9.17) is 10.5 Å². The first kappa shape index (κ1) is 13.8. The summed E-state index contributed by atoms with van der Waals surface area (Å²) in [6.45, 7) is 4.99. The normalized spacial score (nSPS) is 12.7. The molecule has 0 saturated heterocycles. The van der Waals surface area contributed by atoms with Gasteiger partial charge in [-0.05, 0) is 19.8 Å². The summed E-state index contributed by atoms with van der Waals surface area (Å²) in [5.41, 5.74) is 7.85. The number of nitrogens with one attached hydrogen (secondary N) is 1. The standard InChI is InChI=1S/C12H24N4O/c1-5-6-10-11(13)12(16(3)15-10)14-9(2)7-8-17-4/h9,14H,5-8,13H2,1-4H3. The second kappa shape index (κ2) is 6.49. The van der Waals surface area contributed by atoms with Crippen molar-refractivity contribution in [3.8, 4) is 0 Å². The van der Waals surface area contributed by atoms with E-state index >= 15 is 0 Å². The molecule has 0 amide bonds. The lowest BCUT2D eigenvalue weighted by atomic mass is 10.2. The molecule has 0 aliphatic carbocycles. The molecule has 0 aromatic carbocycles. The van der Waals surface area contributed by atoms with Crippen molar-refractivity contribution in [2.75, 3.05) is 24.8 Å². The van der Waals surface area contributed by atoms with Crippen LogP contribution in [0, 0.1) is 0 Å². The highest BCUT2D eigenvalue weighted by Gasteiger charge is 2.14. The Morgan fingerprint density at radius 3 is 2.82 bits per heavy atom. The number of methoxy groups -OCH3 is 1. The van der Waals surface area contributed by atoms with Gasteiger partial charge in [0, 0.05) is 26.8 Å². The minimum atomic E-state index is 0.321. The third-order valence-corrected chi connectivity index (χ3v) is 2.79. The number of hydrogen-bond donors (Lipinski definition) is 2. The number of aromatic nitrogens is 2. The number of nitrogens with zero attached hydrogens (tertiary/aromatic N) is 2. The maximum atomic E-state index is 6.09. The van der Waals surface area contributed by atoms with Crippen molar-refractivity contribution in [1.29, 1.82) is 0 Å². The SMILES string of the molecule is CCCc1nn(C)c(NC(C)CCOC)c1N. The van der Waals surface area contributed by atoms with Gasteiger partial charge in [-0.3, -0.25) is 4.68 Å². The van der Waals surface area contributed by atoms with Gasteiger partial charge in [-0.15, -0.1) is 0 Å². The lowest BCUT2D eigenvalue weighted by molar-refractivity contribution is 0.191. The molecule has 5 nitrogen and oxygen atoms in total. The Labute approximate surface area is 103 Å². The Kier molecular flexibility index (Phi) is 5.28. The summed E-state index contributed by atoms with van der Waals surface area (Å²) < 4.78 is 6.88. The smallest absolute Gasteiger partial charge is 0.147 e. The molecule has 0 fully saturated rings. The zero-order valence-corrected chi connectivity index (χ0v) is 11.3. The van der Waals surface area contributed by atoms with Gasteiger partial charge in [0.05, 0.1) is 11.4 Å². The van der Waals surface area contributed by atoms with Crippen molar-refractivity contribution in [3.05, 3.63) is 5.69 Å². The molecule has 0 spiro atoms. The number of hydrogen-bond acceptors (Lipinski definition) is 4. The Hall–Kier alpha value is -1.23. The third-order valence-electron chi connectivity index (χ3n) is 2.79. The highest BCUT2D eigenvalue weighted by Crippen LogP contribution is 2.23. The van der Waals surface area contributed by atoms with Crippen LogP contribution in [0.2, 0.25) is 0 Å². The molecule has 98 valence electrons. The van der Waals surface area contributed by atoms with Crippen LogP contribution < -0.4 is 11.1 Å². The molecule has 0 aliphatic rings. The average Bonchev–Trinajstić information content (AvgIpc) is 2.55. The number of aryl methyl sites for hydroxylation is 2. The summed E-state index contributed by atoms with van der Waals surface area (Å²) in [5, 5.41) is 7.82. The highest BCUT2D eigenvalue weighted by atomic mass is 16.5. The maximum absolute atomic E-state index is 6.09. The van der Waals surface area contributed by atoms with Gasteiger partial charge in [-0.1, -0.05) is 13.3 Å². The molecule has 1 rings (SSSR count). The Balaban J connectivity index is 2.69. The van der Waals surface area contributed by atoms with Crippen molar-refractivity contribution in [1.82, 2.24) is 9.78 Å². The van der Waals surface area contributed by atoms with Crippen LogP contribution in [0.1, 0.15) is 32.4 Å². The molecule has 0 aliphatic heterocycles. The average molecular weight is 240 g/mol. The van der Waals surface area contributed by atoms with Crippen molar-refractivity contribution in [3.63, 3.8) is 0 Å². The fraction of sp³-hybridized carbons (Fsp3) is 0.750. The van der Waals surface area contributed by atoms with Gasteiger partial charge >= 0.3 is 0 Å². The van der Waals surface area contributed by atoms with Crippen LogP contribution in [0.15, 0.2) is 0 Å². The van der Waals surface area contributed by atoms with Crippen LogP contribution in [0.25, 0.3) is 0 Å². The van der Waals surface area contributed by atoms with E-state index in [1.165, 1.54) is 0 Å². The van der Waals surface area contributed by atoms with E-state index < -0.39 is 0 Å². The predicted molar refractivity (Wildman–Crippen MR) is 71.2 cm³/mol. The molecule has 0 saturated carbocycles. The number of nitrogens with two attached hydrogens (primary N) is 1. The van der Waals surface area contributed by atoms with E-state index in [-0.39, 0.29) is 0 Å². The second-order valence-electron chi connectivity index (χ2n) is 4.41. The highest BCUT2D eigenvalue weighted by molar-refractivity contribution is 5.65. The van der Waals surface area contributed by atoms with E-state index in [0.29, 0.717) is 6.04 Å². The molecule has 1 aromatic rings. The lowest BCUT2D eigenvalue weighted by Crippen LogP contribution is -2.19. The molecule has 1 aromatic heterocycles. The molecular weight excluding hydrogens is 216 g/mol. The topological polar surface area (TPSA) is 65.1 Å². The molecule has 0 radical (unpaired) electrons. The first-order valence-corrected chi connectivity index (χ1v) is 6.16. The molecule has 1 heterocycles. The molecule has 1 unspecified atom stereocenters. The van der Waals surface area contributed by atoms with E-state index in [9.17, 15) is 0 Å². The van der Waals surface area contributed by atoms with Crippen LogP contribution in [0.4, 0.5) is 11.5 Å². The van der Waals surface area contributed by atoms with Crippen LogP contribution in [0.5, 0.6) is 0 Å². The first-order chi connectivity index (χ1) is 8.10. The van der Waals surface area contributed by atoms with Gasteiger partial charge in [-0.25, -0.2) is 0 Å². The van der Waals surface area contributed by atoms with Gasteiger partial charge < -0.3 is 15.8 Å². The van der Waals surface area contributed by atoms with E-state index in [1.54, 1.807) is 7.11 Å². The van der Waals surface area contributed by atoms with Crippen LogP contribution >= 0.6 is 0 Å². The quantitative estimate of drug-likeness (QED) is 0.762. The van der Waals surface area contributed by atoms with Crippen LogP contribution in [-0.4, -0.2) is 29.5 Å². The summed E-state index contributed by atoms with van der Waals surface area (Å²) >= 11 is 0. The van der Waals surface area contributed by atoms with Crippen LogP contribution in [-0.2, 0) is 18.2 Å². The van der Waals surface area contributed by atoms with Crippen molar-refractivity contribution < 1.29 is 4.74 Å². The molecule has 1 atom stereocenters. The molecule has 3 N–H and O–H groups in total. The number of nitrogen functional groups attached to an aromatic ring is 1. The number of ether oxygens (including phenoxy) is 1. The summed E-state index contributed by atoms with van der Waals surface area (Å²) in [7, 11) is 3.63. The van der Waals surface area contributed by atoms with Gasteiger partial charge in [0.1, 0.15) is 5.82 Å². The van der Waals surface area contributed by atoms with Gasteiger partial charge in [0.25, 0.3) is 0 Å². The predicted octanol–water partition coefficient (Wildman–Crippen LogP) is 1.79. The van der Waals surface area contributed by atoms with Gasteiger partial charge in [-0.2, -0.15) is 5.10 Å². The summed E-state index contributed by atoms with van der Waals surface area (Å²) in [6, 6.07) is 0.321. The summed E-state index contributed by atoms with van der Waals surface area (Å²) in [6.07, 6.45) is 2.93. The summed E-state index contributed by atoms with van der Waals surface area (Å²) in [5.74, 6) is 0.914. The van der Waals surface area contributed by atoms with Crippen LogP contribution in [0.3, 0.4) is 0 Å². The van der Waals surface area contributed by atoms with Crippen molar-refractivity contribution in [2.24, 2.45) is 7.05 Å². The lowest BCUT2D eigenvalue weighted by Gasteiger charge is -2.15. The Bertz CT molecular complexity index is 349. The van der Waals surface area contributed by atoms with Crippen molar-refractivity contribution in [2.45, 2.75) is 39.2 Å². The minimum absolute atomic E-state index is 0.321. The van der Waals surface area contributed by atoms with Gasteiger partial charge in [0.15, 0.2) is 0 Å². The number of rotatable bonds is 7. The van der Waals surface area contributed by atoms with E-state index in [2.05, 4.69) is 24.3 Å². The fourth-order valence-corrected chi connectivity index (χ4v) is 1.79. The zero-order chi connectivity index (χ0) is 12.8. The molecular formula is C12H24N4O. The molecule has 0 bridgehead atoms. The molecule has 17 heavy (non-hydrogen) atoms. The number of anilines is 2. The van der Waals surface area contributed by atoms with E-state index in [0.717, 1.165) is 43.1 Å². The Morgan fingerprint density at radius 1 is 1.53 bits per heavy atom. The first-order valence-electron chi connectivity index (χ1n) is 6.16. The second-order valence-corrected chi connectivity index (χ2v) is 4.41. The van der Waals surface area contributed by atoms with Gasteiger partial charge in [0.2, 0.25) is 0 Å². The molecule has 5 heteroatoms. The summed E-state index contributed by atoms with van der Waals surface area (Å²) in [4.78, 5) is 0. The Morgan fingerprint density at radius 2 is 2.24 bits per heavy atom. The van der Waals surface area contributed by atoms with Crippen molar-refractivity contribution >= 4 is 11.5 Å². The monoisotopic (exact) mass is 240 g/mol. The zero-order valence-electron chi connectivity index (χ0n) is 11.3.